The van der Waals surface area contributed by atoms with Gasteiger partial charge in [-0.25, -0.2) is 0 Å². The van der Waals surface area contributed by atoms with Gasteiger partial charge in [-0.15, -0.1) is 45.3 Å². The zero-order valence-corrected chi connectivity index (χ0v) is 63.3. The van der Waals surface area contributed by atoms with E-state index in [4.69, 9.17) is 0 Å². The molecular weight excluding hydrogens is 1530 g/mol. The Morgan fingerprint density at radius 1 is 0.336 bits per heavy atom. The minimum absolute atomic E-state index is 0.0334. The first-order valence-electron chi connectivity index (χ1n) is 34.4. The number of para-hydroxylation sites is 8. The normalized spacial score (nSPS) is 12.1. The topological polar surface area (TPSA) is 112 Å². The first-order chi connectivity index (χ1) is 52.5. The number of anilines is 2. The van der Waals surface area contributed by atoms with Crippen molar-refractivity contribution in [1.82, 2.24) is 13.7 Å². The van der Waals surface area contributed by atoms with Gasteiger partial charge in [-0.1, -0.05) is 194 Å². The number of aldehydes is 1. The fourth-order valence-electron chi connectivity index (χ4n) is 13.6. The maximum atomic E-state index is 13.2. The van der Waals surface area contributed by atoms with Crippen molar-refractivity contribution in [3.05, 3.63) is 378 Å². The monoisotopic (exact) mass is 1590 g/mol. The zero-order chi connectivity index (χ0) is 72.9. The number of carbonyl (C=O) groups is 5. The van der Waals surface area contributed by atoms with Crippen LogP contribution in [0.3, 0.4) is 0 Å². The molecule has 0 spiro atoms. The number of aromatic nitrogens is 3. The Bertz CT molecular complexity index is 6430. The molecule has 12 aromatic carbocycles. The summed E-state index contributed by atoms with van der Waals surface area (Å²) in [4.78, 5) is 65.7. The van der Waals surface area contributed by atoms with Gasteiger partial charge in [0.15, 0.2) is 29.4 Å². The second-order valence-electron chi connectivity index (χ2n) is 25.2. The van der Waals surface area contributed by atoms with Gasteiger partial charge in [-0.05, 0) is 198 Å². The van der Waals surface area contributed by atoms with Crippen molar-refractivity contribution >= 4 is 209 Å². The van der Waals surface area contributed by atoms with Gasteiger partial charge >= 0.3 is 0 Å². The zero-order valence-electron chi connectivity index (χ0n) is 56.9. The smallest absolute Gasteiger partial charge is 0.197 e. The maximum Gasteiger partial charge on any atom is 0.197 e. The quantitative estimate of drug-likeness (QED) is 0.0736. The average Bonchev–Trinajstić information content (AvgIpc) is 1.60. The largest absolute Gasteiger partial charge is 0.356 e. The number of hydrogen-bond donors (Lipinski definition) is 1. The predicted octanol–water partition coefficient (Wildman–Crippen LogP) is 26.3. The number of carbonyl (C=O) groups excluding carboxylic acids is 5. The van der Waals surface area contributed by atoms with E-state index >= 15 is 0 Å². The van der Waals surface area contributed by atoms with E-state index < -0.39 is 0 Å². The molecule has 0 amide bonds. The van der Waals surface area contributed by atoms with E-state index in [1.165, 1.54) is 49.0 Å². The summed E-state index contributed by atoms with van der Waals surface area (Å²) in [6.45, 7) is 0. The van der Waals surface area contributed by atoms with Crippen LogP contribution < -0.4 is 5.32 Å². The van der Waals surface area contributed by atoms with Gasteiger partial charge in [-0.2, -0.15) is 0 Å². The van der Waals surface area contributed by atoms with Crippen LogP contribution in [0.1, 0.15) is 62.4 Å². The molecule has 0 saturated carbocycles. The lowest BCUT2D eigenvalue weighted by molar-refractivity contribution is 0.0919. The Labute approximate surface area is 648 Å². The molecule has 15 heteroatoms. The Morgan fingerprint density at radius 2 is 0.692 bits per heavy atom. The lowest BCUT2D eigenvalue weighted by Crippen LogP contribution is -1.99. The number of allylic oxidation sites excluding steroid dienone is 1. The molecule has 0 bridgehead atoms. The number of thiophene rings is 4. The van der Waals surface area contributed by atoms with Crippen molar-refractivity contribution in [2.45, 2.75) is 6.42 Å². The summed E-state index contributed by atoms with van der Waals surface area (Å²) in [7, 11) is 0. The summed E-state index contributed by atoms with van der Waals surface area (Å²) in [6.07, 6.45) is 2.73. The van der Waals surface area contributed by atoms with Gasteiger partial charge in [-0.3, -0.25) is 24.0 Å². The molecule has 2 aliphatic carbocycles. The van der Waals surface area contributed by atoms with E-state index in [0.29, 0.717) is 22.3 Å². The molecule has 1 N–H and O–H groups in total. The van der Waals surface area contributed by atoms with Crippen molar-refractivity contribution in [2.75, 3.05) is 5.32 Å². The van der Waals surface area contributed by atoms with Crippen LogP contribution in [0.4, 0.5) is 11.4 Å². The van der Waals surface area contributed by atoms with Crippen LogP contribution in [0.2, 0.25) is 0 Å². The van der Waals surface area contributed by atoms with Crippen molar-refractivity contribution in [1.29, 1.82) is 0 Å². The highest BCUT2D eigenvalue weighted by molar-refractivity contribution is 9.13. The van der Waals surface area contributed by atoms with Crippen LogP contribution in [0.15, 0.2) is 346 Å². The summed E-state index contributed by atoms with van der Waals surface area (Å²) < 4.78 is 9.11. The molecule has 7 heterocycles. The second kappa shape index (κ2) is 31.1. The highest BCUT2D eigenvalue weighted by atomic mass is 79.9. The van der Waals surface area contributed by atoms with E-state index in [1.807, 2.05) is 212 Å². The molecule has 107 heavy (non-hydrogen) atoms. The standard InChI is InChI=1S/C30H17NO2S.C17H11NOS.C16H11NS.C13H8O2.C12H11N.C4H2Br2S/c32-28-23-14-18-8-4-5-9-19(18)15-24(23)29(33)26(28)17-21-16-25-22-12-6-7-13-27(22)31(30(25)34-21)20-10-2-1-3-11-20;19-11-13-10-15-14-8-4-5-9-16(14)18(17(15)20-13)12-6-2-1-3-7-12;1-2-6-12(7-3-1)17-15-9-5-4-8-13(15)14-10-11-18-16(14)17;14-12-7-13(15)11-6-9-4-2-1-3-8(9)5-10(11)12;1-3-7-11(8-4-1)13-12-9-5-2-6-10-12;5-3-1-2-7-4(3)6/h1-17H;1-11H;1-11H;1-6H,7H2;1-10,13H;1-2H. The molecule has 7 aromatic heterocycles. The van der Waals surface area contributed by atoms with E-state index in [0.717, 1.165) is 99.9 Å². The Kier molecular flexibility index (Phi) is 20.2. The van der Waals surface area contributed by atoms with Crippen LogP contribution >= 0.6 is 77.2 Å². The molecule has 516 valence electrons. The minimum Gasteiger partial charge on any atom is -0.356 e. The number of nitrogens with one attached hydrogen (secondary N) is 1. The van der Waals surface area contributed by atoms with Crippen LogP contribution in [0.25, 0.3) is 108 Å². The fourth-order valence-corrected chi connectivity index (χ4v) is 18.3. The molecule has 0 saturated heterocycles. The molecule has 0 radical (unpaired) electrons. The number of halogens is 2. The van der Waals surface area contributed by atoms with Crippen LogP contribution in [0.5, 0.6) is 0 Å². The number of rotatable bonds is 7. The fraction of sp³-hybridized carbons (Fsp3) is 0.0109. The minimum atomic E-state index is -0.195. The number of nitrogens with zero attached hydrogens (tertiary/aromatic N) is 3. The van der Waals surface area contributed by atoms with Gasteiger partial charge < -0.3 is 19.0 Å². The lowest BCUT2D eigenvalue weighted by Gasteiger charge is -2.06. The first-order valence-corrected chi connectivity index (χ1v) is 39.3. The van der Waals surface area contributed by atoms with Crippen molar-refractivity contribution in [3.8, 4) is 17.1 Å². The summed E-state index contributed by atoms with van der Waals surface area (Å²) in [6, 6.07) is 108. The molecular formula is C92H60Br2N4O5S4. The van der Waals surface area contributed by atoms with E-state index in [-0.39, 0.29) is 35.1 Å². The Balaban J connectivity index is 0.000000104. The lowest BCUT2D eigenvalue weighted by atomic mass is 10.0. The third-order valence-electron chi connectivity index (χ3n) is 18.6. The van der Waals surface area contributed by atoms with Crippen molar-refractivity contribution in [3.63, 3.8) is 0 Å². The van der Waals surface area contributed by atoms with Gasteiger partial charge in [0.25, 0.3) is 0 Å². The summed E-state index contributed by atoms with van der Waals surface area (Å²) in [5.41, 5.74) is 11.7. The number of hydrogen-bond acceptors (Lipinski definition) is 10. The second-order valence-corrected chi connectivity index (χ2v) is 31.3. The van der Waals surface area contributed by atoms with Crippen molar-refractivity contribution < 1.29 is 24.0 Å². The summed E-state index contributed by atoms with van der Waals surface area (Å²) in [5.74, 6) is -0.499. The maximum absolute atomic E-state index is 13.2. The van der Waals surface area contributed by atoms with Crippen LogP contribution in [0, 0.1) is 0 Å². The summed E-state index contributed by atoms with van der Waals surface area (Å²) >= 11 is 13.3. The molecule has 21 rings (SSSR count). The third kappa shape index (κ3) is 14.2. The van der Waals surface area contributed by atoms with E-state index in [1.54, 1.807) is 40.1 Å². The van der Waals surface area contributed by atoms with E-state index in [2.05, 4.69) is 172 Å². The predicted molar refractivity (Wildman–Crippen MR) is 455 cm³/mol. The van der Waals surface area contributed by atoms with Crippen molar-refractivity contribution in [2.24, 2.45) is 0 Å². The van der Waals surface area contributed by atoms with Gasteiger partial charge in [0.1, 0.15) is 14.5 Å². The van der Waals surface area contributed by atoms with Gasteiger partial charge in [0.2, 0.25) is 0 Å². The first kappa shape index (κ1) is 69.6. The Morgan fingerprint density at radius 3 is 1.09 bits per heavy atom. The highest BCUT2D eigenvalue weighted by Crippen LogP contribution is 2.42. The molecule has 0 unspecified atom stereocenters. The summed E-state index contributed by atoms with van der Waals surface area (Å²) in [5, 5.41) is 18.7. The molecule has 0 fully saturated rings. The van der Waals surface area contributed by atoms with Crippen LogP contribution in [-0.2, 0) is 0 Å². The number of Topliss-reactive ketones (excluding diaryl/α,β-unsaturated/α-hetero) is 4. The van der Waals surface area contributed by atoms with E-state index in [9.17, 15) is 24.0 Å². The molecule has 19 aromatic rings. The molecule has 2 aliphatic rings. The molecule has 0 aliphatic heterocycles. The number of fused-ring (bicyclic) bond motifs is 13. The SMILES string of the molecule is Brc1ccsc1Br.O=C1C(=Cc2cc3c4ccccc4n(-c4ccccc4)c3s2)C(=O)c2cc3ccccc3cc21.O=C1CC(=O)c2cc3ccccc3cc21.O=Cc1cc2c3ccccc3n(-c3ccccc3)c2s1.c1ccc(-n2c3ccccc3c3ccsc32)cc1.c1ccc(Nc2ccccc2)cc1. The van der Waals surface area contributed by atoms with Gasteiger partial charge in [0.05, 0.1) is 37.2 Å². The third-order valence-corrected chi connectivity index (χ3v) is 24.7. The molecule has 0 atom stereocenters. The van der Waals surface area contributed by atoms with Gasteiger partial charge in [0, 0.05) is 92.4 Å². The molecule has 9 nitrogen and oxygen atoms in total. The van der Waals surface area contributed by atoms with Crippen LogP contribution in [-0.4, -0.2) is 43.1 Å². The Hall–Kier alpha value is -11.8. The number of ketones is 4. The average molecular weight is 1590 g/mol. The highest BCUT2D eigenvalue weighted by Gasteiger charge is 2.34. The number of benzene rings is 12.